The summed E-state index contributed by atoms with van der Waals surface area (Å²) in [7, 11) is 0. The molecule has 0 atom stereocenters. The Morgan fingerprint density at radius 2 is 2.28 bits per heavy atom. The van der Waals surface area contributed by atoms with Gasteiger partial charge >= 0.3 is 5.97 Å². The maximum absolute atomic E-state index is 11.7. The highest BCUT2D eigenvalue weighted by Crippen LogP contribution is 2.21. The molecule has 0 unspecified atom stereocenters. The Labute approximate surface area is 111 Å². The van der Waals surface area contributed by atoms with E-state index in [1.165, 1.54) is 22.7 Å². The topological polar surface area (TPSA) is 51.6 Å². The number of esters is 1. The first-order chi connectivity index (χ1) is 8.72. The lowest BCUT2D eigenvalue weighted by Crippen LogP contribution is -2.03. The minimum Gasteiger partial charge on any atom is -0.401 e. The van der Waals surface area contributed by atoms with Crippen molar-refractivity contribution in [2.45, 2.75) is 6.92 Å². The molecule has 2 aromatic rings. The summed E-state index contributed by atoms with van der Waals surface area (Å²) in [5.41, 5.74) is 1.03. The number of ether oxygens (including phenoxy) is 1. The van der Waals surface area contributed by atoms with Crippen molar-refractivity contribution in [1.82, 2.24) is 4.98 Å². The van der Waals surface area contributed by atoms with Crippen molar-refractivity contribution in [3.05, 3.63) is 44.2 Å². The molecule has 0 aromatic carbocycles. The van der Waals surface area contributed by atoms with Crippen LogP contribution < -0.4 is 0 Å². The molecule has 0 radical (unpaired) electrons. The fourth-order valence-electron chi connectivity index (χ4n) is 1.50. The average molecular weight is 276 g/mol. The molecule has 0 saturated heterocycles. The third-order valence-corrected chi connectivity index (χ3v) is 3.92. The SMILES string of the molecule is Cc1nc(/C=C2\N=C(c3cccs3)OC2=O)cs1. The molecule has 3 heterocycles. The van der Waals surface area contributed by atoms with Gasteiger partial charge in [-0.25, -0.2) is 14.8 Å². The van der Waals surface area contributed by atoms with Crippen molar-refractivity contribution in [2.75, 3.05) is 0 Å². The van der Waals surface area contributed by atoms with Crippen molar-refractivity contribution in [3.63, 3.8) is 0 Å². The van der Waals surface area contributed by atoms with Crippen LogP contribution >= 0.6 is 22.7 Å². The second kappa shape index (κ2) is 4.47. The molecule has 6 heteroatoms. The summed E-state index contributed by atoms with van der Waals surface area (Å²) in [6, 6.07) is 3.76. The monoisotopic (exact) mass is 276 g/mol. The first-order valence-electron chi connectivity index (χ1n) is 5.21. The van der Waals surface area contributed by atoms with Crippen LogP contribution in [0.5, 0.6) is 0 Å². The van der Waals surface area contributed by atoms with Gasteiger partial charge in [-0.05, 0) is 24.4 Å². The Balaban J connectivity index is 1.94. The van der Waals surface area contributed by atoms with Crippen molar-refractivity contribution < 1.29 is 9.53 Å². The summed E-state index contributed by atoms with van der Waals surface area (Å²) >= 11 is 3.02. The van der Waals surface area contributed by atoms with Crippen LogP contribution in [-0.4, -0.2) is 16.9 Å². The summed E-state index contributed by atoms with van der Waals surface area (Å²) in [5.74, 6) is -0.0581. The van der Waals surface area contributed by atoms with E-state index in [4.69, 9.17) is 4.74 Å². The van der Waals surface area contributed by atoms with Crippen LogP contribution in [0.3, 0.4) is 0 Å². The lowest BCUT2D eigenvalue weighted by atomic mass is 10.3. The van der Waals surface area contributed by atoms with Gasteiger partial charge in [0.25, 0.3) is 0 Å². The number of hydrogen-bond donors (Lipinski definition) is 0. The number of aromatic nitrogens is 1. The van der Waals surface area contributed by atoms with Crippen molar-refractivity contribution in [1.29, 1.82) is 0 Å². The first-order valence-corrected chi connectivity index (χ1v) is 6.97. The van der Waals surface area contributed by atoms with Gasteiger partial charge in [-0.1, -0.05) is 6.07 Å². The zero-order chi connectivity index (χ0) is 12.5. The van der Waals surface area contributed by atoms with Crippen LogP contribution in [-0.2, 0) is 9.53 Å². The molecular formula is C12H8N2O2S2. The molecule has 0 amide bonds. The van der Waals surface area contributed by atoms with E-state index in [0.717, 1.165) is 15.6 Å². The predicted molar refractivity (Wildman–Crippen MR) is 71.8 cm³/mol. The lowest BCUT2D eigenvalue weighted by Gasteiger charge is -1.92. The summed E-state index contributed by atoms with van der Waals surface area (Å²) < 4.78 is 5.13. The molecule has 0 spiro atoms. The molecule has 0 saturated carbocycles. The fraction of sp³-hybridized carbons (Fsp3) is 0.0833. The average Bonchev–Trinajstić information content (AvgIpc) is 3.02. The quantitative estimate of drug-likeness (QED) is 0.626. The van der Waals surface area contributed by atoms with Gasteiger partial charge in [-0.15, -0.1) is 22.7 Å². The standard InChI is InChI=1S/C12H8N2O2S2/c1-7-13-8(6-18-7)5-9-12(15)16-11(14-9)10-3-2-4-17-10/h2-6H,1H3/b9-5-. The Bertz CT molecular complexity index is 653. The first kappa shape index (κ1) is 11.3. The molecule has 1 aliphatic heterocycles. The number of hydrogen-bond acceptors (Lipinski definition) is 6. The van der Waals surface area contributed by atoms with Gasteiger partial charge in [0.05, 0.1) is 15.6 Å². The number of carbonyl (C=O) groups excluding carboxylic acids is 1. The van der Waals surface area contributed by atoms with Crippen molar-refractivity contribution >= 4 is 40.6 Å². The number of aliphatic imine (C=N–C) groups is 1. The van der Waals surface area contributed by atoms with E-state index in [9.17, 15) is 4.79 Å². The molecule has 0 bridgehead atoms. The number of aryl methyl sites for hydroxylation is 1. The minimum atomic E-state index is -0.427. The second-order valence-electron chi connectivity index (χ2n) is 3.60. The smallest absolute Gasteiger partial charge is 0.363 e. The van der Waals surface area contributed by atoms with Gasteiger partial charge in [-0.3, -0.25) is 0 Å². The Morgan fingerprint density at radius 1 is 1.39 bits per heavy atom. The molecule has 2 aromatic heterocycles. The van der Waals surface area contributed by atoms with Gasteiger partial charge in [0.15, 0.2) is 5.70 Å². The Kier molecular flexibility index (Phi) is 2.81. The van der Waals surface area contributed by atoms with Crippen LogP contribution in [0.15, 0.2) is 33.6 Å². The van der Waals surface area contributed by atoms with E-state index in [1.807, 2.05) is 29.8 Å². The van der Waals surface area contributed by atoms with E-state index in [0.29, 0.717) is 11.6 Å². The highest BCUT2D eigenvalue weighted by atomic mass is 32.1. The maximum atomic E-state index is 11.7. The van der Waals surface area contributed by atoms with Crippen LogP contribution in [0, 0.1) is 6.92 Å². The highest BCUT2D eigenvalue weighted by molar-refractivity contribution is 7.12. The minimum absolute atomic E-state index is 0.295. The van der Waals surface area contributed by atoms with Gasteiger partial charge in [-0.2, -0.15) is 0 Å². The van der Waals surface area contributed by atoms with Gasteiger partial charge in [0, 0.05) is 5.38 Å². The number of thiazole rings is 1. The predicted octanol–water partition coefficient (Wildman–Crippen LogP) is 2.86. The number of cyclic esters (lactones) is 1. The zero-order valence-corrected chi connectivity index (χ0v) is 11.0. The Morgan fingerprint density at radius 3 is 2.94 bits per heavy atom. The van der Waals surface area contributed by atoms with Gasteiger partial charge in [0.1, 0.15) is 0 Å². The third-order valence-electron chi connectivity index (χ3n) is 2.27. The van der Waals surface area contributed by atoms with E-state index in [2.05, 4.69) is 9.98 Å². The molecule has 90 valence electrons. The summed E-state index contributed by atoms with van der Waals surface area (Å²) in [5, 5.41) is 4.75. The number of rotatable bonds is 2. The van der Waals surface area contributed by atoms with Crippen LogP contribution in [0.25, 0.3) is 6.08 Å². The molecule has 4 nitrogen and oxygen atoms in total. The third kappa shape index (κ3) is 2.12. The maximum Gasteiger partial charge on any atom is 0.363 e. The lowest BCUT2D eigenvalue weighted by molar-refractivity contribution is -0.129. The molecule has 1 aliphatic rings. The summed E-state index contributed by atoms with van der Waals surface area (Å²) in [4.78, 5) is 21.0. The number of thiophene rings is 1. The number of carbonyl (C=O) groups is 1. The fourth-order valence-corrected chi connectivity index (χ4v) is 2.72. The van der Waals surface area contributed by atoms with Crippen molar-refractivity contribution in [3.8, 4) is 0 Å². The molecule has 0 N–H and O–H groups in total. The summed E-state index contributed by atoms with van der Waals surface area (Å²) in [6.07, 6.45) is 1.65. The van der Waals surface area contributed by atoms with E-state index in [1.54, 1.807) is 6.08 Å². The van der Waals surface area contributed by atoms with Gasteiger partial charge < -0.3 is 4.74 Å². The largest absolute Gasteiger partial charge is 0.401 e. The Hall–Kier alpha value is -1.79. The zero-order valence-electron chi connectivity index (χ0n) is 9.41. The van der Waals surface area contributed by atoms with Gasteiger partial charge in [0.2, 0.25) is 5.90 Å². The van der Waals surface area contributed by atoms with Crippen LogP contribution in [0.2, 0.25) is 0 Å². The normalized spacial score (nSPS) is 17.1. The second-order valence-corrected chi connectivity index (χ2v) is 5.61. The molecule has 3 rings (SSSR count). The molecule has 0 fully saturated rings. The molecule has 18 heavy (non-hydrogen) atoms. The van der Waals surface area contributed by atoms with Crippen LogP contribution in [0.1, 0.15) is 15.6 Å². The van der Waals surface area contributed by atoms with E-state index < -0.39 is 5.97 Å². The molecular weight excluding hydrogens is 268 g/mol. The summed E-state index contributed by atoms with van der Waals surface area (Å²) in [6.45, 7) is 1.92. The highest BCUT2D eigenvalue weighted by Gasteiger charge is 2.24. The van der Waals surface area contributed by atoms with E-state index >= 15 is 0 Å². The van der Waals surface area contributed by atoms with E-state index in [-0.39, 0.29) is 0 Å². The van der Waals surface area contributed by atoms with Crippen LogP contribution in [0.4, 0.5) is 0 Å². The van der Waals surface area contributed by atoms with Crippen molar-refractivity contribution in [2.24, 2.45) is 4.99 Å². The molecule has 0 aliphatic carbocycles. The number of nitrogens with zero attached hydrogens (tertiary/aromatic N) is 2.